The number of carbonyl (C=O) groups excluding carboxylic acids is 1. The van der Waals surface area contributed by atoms with E-state index in [9.17, 15) is 13.6 Å². The van der Waals surface area contributed by atoms with Crippen molar-refractivity contribution in [1.82, 2.24) is 30.0 Å². The molecule has 2 aromatic carbocycles. The van der Waals surface area contributed by atoms with Gasteiger partial charge in [-0.1, -0.05) is 18.1 Å². The molecule has 1 amide bonds. The second kappa shape index (κ2) is 9.87. The van der Waals surface area contributed by atoms with Crippen molar-refractivity contribution in [2.24, 2.45) is 7.05 Å². The van der Waals surface area contributed by atoms with Crippen LogP contribution in [0.4, 0.5) is 14.5 Å². The predicted molar refractivity (Wildman–Crippen MR) is 121 cm³/mol. The molecule has 2 aromatic heterocycles. The Bertz CT molecular complexity index is 1370. The zero-order chi connectivity index (χ0) is 24.1. The Kier molecular flexibility index (Phi) is 6.54. The van der Waals surface area contributed by atoms with Crippen LogP contribution in [0.1, 0.15) is 27.8 Å². The number of nitrogens with zero attached hydrogens (tertiary/aromatic N) is 5. The van der Waals surface area contributed by atoms with Crippen LogP contribution in [0, 0.1) is 24.0 Å². The molecule has 0 saturated heterocycles. The minimum Gasteiger partial charge on any atom is -0.378 e. The van der Waals surface area contributed by atoms with Gasteiger partial charge in [-0.2, -0.15) is 0 Å². The molecule has 0 aliphatic rings. The van der Waals surface area contributed by atoms with Crippen LogP contribution in [0.15, 0.2) is 61.1 Å². The maximum atomic E-state index is 14.1. The van der Waals surface area contributed by atoms with Gasteiger partial charge in [-0.25, -0.2) is 18.7 Å². The summed E-state index contributed by atoms with van der Waals surface area (Å²) in [4.78, 5) is 20.8. The number of nitrogens with one attached hydrogen (secondary N) is 2. The Morgan fingerprint density at radius 3 is 2.76 bits per heavy atom. The molecule has 2 heterocycles. The van der Waals surface area contributed by atoms with Gasteiger partial charge in [0.2, 0.25) is 0 Å². The zero-order valence-electron chi connectivity index (χ0n) is 18.0. The number of aromatic nitrogens is 5. The number of carbonyl (C=O) groups is 1. The molecule has 0 bridgehead atoms. The number of rotatable bonds is 7. The maximum Gasteiger partial charge on any atom is 0.252 e. The van der Waals surface area contributed by atoms with Gasteiger partial charge in [-0.05, 0) is 30.3 Å². The van der Waals surface area contributed by atoms with Gasteiger partial charge in [-0.3, -0.25) is 4.79 Å². The van der Waals surface area contributed by atoms with Crippen LogP contribution in [-0.2, 0) is 13.6 Å². The van der Waals surface area contributed by atoms with Gasteiger partial charge in [0.25, 0.3) is 5.91 Å². The number of hydrogen-bond donors (Lipinski definition) is 2. The molecular weight excluding hydrogens is 440 g/mol. The van der Waals surface area contributed by atoms with Gasteiger partial charge in [0.15, 0.2) is 11.6 Å². The maximum absolute atomic E-state index is 14.1. The number of halogens is 2. The lowest BCUT2D eigenvalue weighted by molar-refractivity contribution is 0.0945. The quantitative estimate of drug-likeness (QED) is 0.412. The molecule has 170 valence electrons. The number of benzene rings is 2. The molecule has 0 aliphatic carbocycles. The predicted octanol–water partition coefficient (Wildman–Crippen LogP) is 3.27. The first kappa shape index (κ1) is 22.5. The van der Waals surface area contributed by atoms with E-state index in [1.54, 1.807) is 41.1 Å². The molecule has 1 atom stereocenters. The van der Waals surface area contributed by atoms with Crippen molar-refractivity contribution in [3.63, 3.8) is 0 Å². The summed E-state index contributed by atoms with van der Waals surface area (Å²) in [5.74, 6) is 1.52. The van der Waals surface area contributed by atoms with Crippen LogP contribution < -0.4 is 10.6 Å². The van der Waals surface area contributed by atoms with E-state index in [2.05, 4.69) is 36.7 Å². The lowest BCUT2D eigenvalue weighted by Crippen LogP contribution is -2.28. The Labute approximate surface area is 194 Å². The van der Waals surface area contributed by atoms with E-state index in [1.807, 2.05) is 7.05 Å². The second-order valence-electron chi connectivity index (χ2n) is 7.27. The summed E-state index contributed by atoms with van der Waals surface area (Å²) in [6, 6.07) is 10.4. The van der Waals surface area contributed by atoms with Crippen molar-refractivity contribution in [1.29, 1.82) is 0 Å². The molecule has 10 heteroatoms. The Morgan fingerprint density at radius 2 is 2.03 bits per heavy atom. The summed E-state index contributed by atoms with van der Waals surface area (Å²) in [5.41, 5.74) is 1.63. The van der Waals surface area contributed by atoms with Crippen LogP contribution in [-0.4, -0.2) is 30.6 Å². The first-order valence-corrected chi connectivity index (χ1v) is 10.2. The minimum absolute atomic E-state index is 0.00769. The monoisotopic (exact) mass is 459 g/mol. The molecule has 0 radical (unpaired) electrons. The van der Waals surface area contributed by atoms with Crippen LogP contribution in [0.2, 0.25) is 0 Å². The molecule has 2 N–H and O–H groups in total. The summed E-state index contributed by atoms with van der Waals surface area (Å²) >= 11 is 0. The second-order valence-corrected chi connectivity index (χ2v) is 7.27. The summed E-state index contributed by atoms with van der Waals surface area (Å²) in [5, 5.41) is 14.1. The summed E-state index contributed by atoms with van der Waals surface area (Å²) in [6.07, 6.45) is 8.54. The van der Waals surface area contributed by atoms with Gasteiger partial charge in [-0.15, -0.1) is 16.6 Å². The highest BCUT2D eigenvalue weighted by Gasteiger charge is 2.18. The largest absolute Gasteiger partial charge is 0.378 e. The molecule has 0 spiro atoms. The van der Waals surface area contributed by atoms with E-state index in [1.165, 1.54) is 12.4 Å². The van der Waals surface area contributed by atoms with Gasteiger partial charge in [0.1, 0.15) is 29.7 Å². The summed E-state index contributed by atoms with van der Waals surface area (Å²) in [7, 11) is 1.83. The fraction of sp³-hybridized carbons (Fsp3) is 0.125. The van der Waals surface area contributed by atoms with Crippen molar-refractivity contribution in [3.05, 3.63) is 89.6 Å². The fourth-order valence-corrected chi connectivity index (χ4v) is 3.27. The van der Waals surface area contributed by atoms with Crippen molar-refractivity contribution in [3.8, 4) is 23.9 Å². The van der Waals surface area contributed by atoms with E-state index in [4.69, 9.17) is 6.42 Å². The zero-order valence-corrected chi connectivity index (χ0v) is 18.0. The number of amides is 1. The van der Waals surface area contributed by atoms with Gasteiger partial charge in [0, 0.05) is 36.1 Å². The van der Waals surface area contributed by atoms with Crippen LogP contribution >= 0.6 is 0 Å². The van der Waals surface area contributed by atoms with Crippen molar-refractivity contribution in [2.75, 3.05) is 5.32 Å². The van der Waals surface area contributed by atoms with E-state index in [0.717, 1.165) is 12.1 Å². The first-order valence-electron chi connectivity index (χ1n) is 10.2. The lowest BCUT2D eigenvalue weighted by Gasteiger charge is -2.15. The van der Waals surface area contributed by atoms with Crippen molar-refractivity contribution < 1.29 is 13.6 Å². The number of hydrogen-bond acceptors (Lipinski definition) is 6. The van der Waals surface area contributed by atoms with Gasteiger partial charge in [0.05, 0.1) is 6.54 Å². The summed E-state index contributed by atoms with van der Waals surface area (Å²) < 4.78 is 29.1. The van der Waals surface area contributed by atoms with Crippen molar-refractivity contribution >= 4 is 11.6 Å². The fourth-order valence-electron chi connectivity index (χ4n) is 3.27. The molecule has 4 aromatic rings. The number of anilines is 1. The van der Waals surface area contributed by atoms with E-state index >= 15 is 0 Å². The highest BCUT2D eigenvalue weighted by Crippen LogP contribution is 2.20. The standard InChI is InChI=1S/C24H19F2N7O/c1-3-20(18-8-7-16(25)12-19(18)26)30-24(34)15-5-4-6-17(11-15)28-13-22-31-32-23(33(22)2)21-9-10-27-14-29-21/h1,4-12,14,20,28H,13H2,2H3,(H,30,34)/t20-/m0/s1. The highest BCUT2D eigenvalue weighted by molar-refractivity contribution is 5.95. The third-order valence-electron chi connectivity index (χ3n) is 5.07. The molecule has 0 unspecified atom stereocenters. The minimum atomic E-state index is -1.05. The van der Waals surface area contributed by atoms with E-state index in [-0.39, 0.29) is 5.56 Å². The highest BCUT2D eigenvalue weighted by atomic mass is 19.1. The third kappa shape index (κ3) is 4.88. The molecule has 34 heavy (non-hydrogen) atoms. The van der Waals surface area contributed by atoms with E-state index < -0.39 is 23.6 Å². The topological polar surface area (TPSA) is 97.6 Å². The Balaban J connectivity index is 1.44. The van der Waals surface area contributed by atoms with Crippen molar-refractivity contribution in [2.45, 2.75) is 12.6 Å². The molecular formula is C24H19F2N7O. The Hall–Kier alpha value is -4.65. The molecule has 4 rings (SSSR count). The molecule has 8 nitrogen and oxygen atoms in total. The average molecular weight is 459 g/mol. The van der Waals surface area contributed by atoms with Gasteiger partial charge >= 0.3 is 0 Å². The van der Waals surface area contributed by atoms with Crippen LogP contribution in [0.3, 0.4) is 0 Å². The Morgan fingerprint density at radius 1 is 1.18 bits per heavy atom. The summed E-state index contributed by atoms with van der Waals surface area (Å²) in [6.45, 7) is 0.341. The average Bonchev–Trinajstić information content (AvgIpc) is 3.22. The normalized spacial score (nSPS) is 11.5. The van der Waals surface area contributed by atoms with Crippen LogP contribution in [0.25, 0.3) is 11.5 Å². The van der Waals surface area contributed by atoms with E-state index in [0.29, 0.717) is 35.1 Å². The molecule has 0 saturated carbocycles. The lowest BCUT2D eigenvalue weighted by atomic mass is 10.1. The van der Waals surface area contributed by atoms with Gasteiger partial charge < -0.3 is 15.2 Å². The molecule has 0 fully saturated rings. The van der Waals surface area contributed by atoms with Crippen LogP contribution in [0.5, 0.6) is 0 Å². The smallest absolute Gasteiger partial charge is 0.252 e. The number of terminal acetylenes is 1. The third-order valence-corrected chi connectivity index (χ3v) is 5.07. The SMILES string of the molecule is C#C[C@H](NC(=O)c1cccc(NCc2nnc(-c3ccncn3)n2C)c1)c1ccc(F)cc1F. The first-order chi connectivity index (χ1) is 16.5. The molecule has 0 aliphatic heterocycles.